The Balaban J connectivity index is 1.34. The summed E-state index contributed by atoms with van der Waals surface area (Å²) in [5.74, 6) is 0.906. The second-order valence-corrected chi connectivity index (χ2v) is 8.10. The van der Waals surface area contributed by atoms with Gasteiger partial charge in [0.1, 0.15) is 5.75 Å². The molecule has 0 fully saturated rings. The Hall–Kier alpha value is -4.72. The summed E-state index contributed by atoms with van der Waals surface area (Å²) in [6, 6.07) is 21.9. The molecular weight excluding hydrogens is 442 g/mol. The summed E-state index contributed by atoms with van der Waals surface area (Å²) in [6.07, 6.45) is 1.92. The Kier molecular flexibility index (Phi) is 5.85. The highest BCUT2D eigenvalue weighted by Gasteiger charge is 2.24. The number of benzene rings is 3. The van der Waals surface area contributed by atoms with Crippen molar-refractivity contribution in [3.05, 3.63) is 90.1 Å². The molecule has 8 nitrogen and oxygen atoms in total. The first kappa shape index (κ1) is 22.1. The van der Waals surface area contributed by atoms with Gasteiger partial charge in [-0.15, -0.1) is 0 Å². The number of carbonyl (C=O) groups excluding carboxylic acids is 2. The van der Waals surface area contributed by atoms with Crippen LogP contribution in [0.5, 0.6) is 5.75 Å². The summed E-state index contributed by atoms with van der Waals surface area (Å²) in [5.41, 5.74) is 5.14. The van der Waals surface area contributed by atoms with E-state index in [9.17, 15) is 9.59 Å². The van der Waals surface area contributed by atoms with Gasteiger partial charge in [-0.3, -0.25) is 9.59 Å². The molecule has 3 aromatic carbocycles. The maximum Gasteiger partial charge on any atom is 0.255 e. The summed E-state index contributed by atoms with van der Waals surface area (Å²) in [7, 11) is 3.37. The molecule has 1 aromatic heterocycles. The zero-order valence-electron chi connectivity index (χ0n) is 19.3. The van der Waals surface area contributed by atoms with Crippen molar-refractivity contribution >= 4 is 34.8 Å². The van der Waals surface area contributed by atoms with Crippen molar-refractivity contribution in [2.75, 3.05) is 29.7 Å². The standard InChI is InChI=1S/C27H23N5O3/c1-32-23-6-4-3-5-22(23)25-18(15-24(32)33)16-28-27(31-25)30-20-9-7-17(8-10-20)26(34)29-19-11-13-21(35-2)14-12-19/h3-14,16H,15H2,1-2H3,(H,29,34)(H,28,30,31). The van der Waals surface area contributed by atoms with Crippen LogP contribution in [0.15, 0.2) is 79.0 Å². The fourth-order valence-electron chi connectivity index (χ4n) is 3.92. The molecule has 0 unspecified atom stereocenters. The second kappa shape index (κ2) is 9.26. The van der Waals surface area contributed by atoms with Crippen molar-refractivity contribution in [3.63, 3.8) is 0 Å². The average molecular weight is 466 g/mol. The molecule has 1 aliphatic heterocycles. The van der Waals surface area contributed by atoms with Crippen LogP contribution in [0, 0.1) is 0 Å². The first-order valence-corrected chi connectivity index (χ1v) is 11.1. The van der Waals surface area contributed by atoms with E-state index in [4.69, 9.17) is 9.72 Å². The zero-order chi connectivity index (χ0) is 24.4. The number of hydrogen-bond acceptors (Lipinski definition) is 6. The van der Waals surface area contributed by atoms with Gasteiger partial charge in [0.25, 0.3) is 5.91 Å². The number of fused-ring (bicyclic) bond motifs is 3. The summed E-state index contributed by atoms with van der Waals surface area (Å²) in [4.78, 5) is 35.9. The molecule has 8 heteroatoms. The van der Waals surface area contributed by atoms with Gasteiger partial charge in [0.15, 0.2) is 0 Å². The molecule has 0 radical (unpaired) electrons. The Morgan fingerprint density at radius 2 is 1.69 bits per heavy atom. The minimum atomic E-state index is -0.214. The minimum Gasteiger partial charge on any atom is -0.497 e. The predicted octanol–water partition coefficient (Wildman–Crippen LogP) is 4.67. The number of nitrogens with zero attached hydrogens (tertiary/aromatic N) is 3. The summed E-state index contributed by atoms with van der Waals surface area (Å²) in [5, 5.41) is 6.05. The monoisotopic (exact) mass is 465 g/mol. The molecule has 0 bridgehead atoms. The van der Waals surface area contributed by atoms with Crippen molar-refractivity contribution in [1.82, 2.24) is 9.97 Å². The van der Waals surface area contributed by atoms with Gasteiger partial charge < -0.3 is 20.3 Å². The quantitative estimate of drug-likeness (QED) is 0.445. The van der Waals surface area contributed by atoms with Gasteiger partial charge >= 0.3 is 0 Å². The van der Waals surface area contributed by atoms with Crippen LogP contribution in [0.1, 0.15) is 15.9 Å². The molecule has 2 amide bonds. The van der Waals surface area contributed by atoms with Crippen molar-refractivity contribution in [1.29, 1.82) is 0 Å². The Labute approximate surface area is 202 Å². The lowest BCUT2D eigenvalue weighted by molar-refractivity contribution is -0.117. The molecule has 0 aliphatic carbocycles. The number of amides is 2. The molecule has 0 spiro atoms. The number of likely N-dealkylation sites (N-methyl/N-ethyl adjacent to an activating group) is 1. The van der Waals surface area contributed by atoms with Gasteiger partial charge in [0.05, 0.1) is 24.9 Å². The Morgan fingerprint density at radius 1 is 0.971 bits per heavy atom. The van der Waals surface area contributed by atoms with Crippen LogP contribution in [0.4, 0.5) is 23.0 Å². The summed E-state index contributed by atoms with van der Waals surface area (Å²) in [6.45, 7) is 0. The molecule has 174 valence electrons. The van der Waals surface area contributed by atoms with Crippen LogP contribution in [0.3, 0.4) is 0 Å². The van der Waals surface area contributed by atoms with Crippen molar-refractivity contribution < 1.29 is 14.3 Å². The van der Waals surface area contributed by atoms with Gasteiger partial charge in [-0.2, -0.15) is 0 Å². The average Bonchev–Trinajstić information content (AvgIpc) is 2.99. The first-order valence-electron chi connectivity index (χ1n) is 11.1. The van der Waals surface area contributed by atoms with E-state index in [1.54, 1.807) is 73.8 Å². The zero-order valence-corrected chi connectivity index (χ0v) is 19.3. The number of carbonyl (C=O) groups is 2. The largest absolute Gasteiger partial charge is 0.497 e. The van der Waals surface area contributed by atoms with Gasteiger partial charge in [-0.25, -0.2) is 9.97 Å². The molecule has 0 saturated carbocycles. The van der Waals surface area contributed by atoms with Crippen molar-refractivity contribution in [2.24, 2.45) is 0 Å². The van der Waals surface area contributed by atoms with Gasteiger partial charge in [-0.05, 0) is 54.6 Å². The van der Waals surface area contributed by atoms with Crippen LogP contribution in [-0.4, -0.2) is 35.9 Å². The van der Waals surface area contributed by atoms with Crippen molar-refractivity contribution in [3.8, 4) is 17.0 Å². The van der Waals surface area contributed by atoms with E-state index in [2.05, 4.69) is 15.6 Å². The van der Waals surface area contributed by atoms with Crippen LogP contribution < -0.4 is 20.3 Å². The highest BCUT2D eigenvalue weighted by Crippen LogP contribution is 2.35. The summed E-state index contributed by atoms with van der Waals surface area (Å²) < 4.78 is 5.14. The number of para-hydroxylation sites is 1. The maximum atomic E-state index is 12.6. The highest BCUT2D eigenvalue weighted by molar-refractivity contribution is 6.04. The third-order valence-electron chi connectivity index (χ3n) is 5.85. The Morgan fingerprint density at radius 3 is 2.43 bits per heavy atom. The van der Waals surface area contributed by atoms with E-state index in [-0.39, 0.29) is 18.2 Å². The third-order valence-corrected chi connectivity index (χ3v) is 5.85. The second-order valence-electron chi connectivity index (χ2n) is 8.10. The number of methoxy groups -OCH3 is 1. The van der Waals surface area contributed by atoms with Crippen LogP contribution >= 0.6 is 0 Å². The third kappa shape index (κ3) is 4.54. The number of aromatic nitrogens is 2. The van der Waals surface area contributed by atoms with Crippen LogP contribution in [0.2, 0.25) is 0 Å². The maximum absolute atomic E-state index is 12.6. The molecule has 2 N–H and O–H groups in total. The van der Waals surface area contributed by atoms with Crippen molar-refractivity contribution in [2.45, 2.75) is 6.42 Å². The van der Waals surface area contributed by atoms with Gasteiger partial charge in [0, 0.05) is 41.3 Å². The smallest absolute Gasteiger partial charge is 0.255 e. The van der Waals surface area contributed by atoms with E-state index >= 15 is 0 Å². The molecule has 0 saturated heterocycles. The highest BCUT2D eigenvalue weighted by atomic mass is 16.5. The lowest BCUT2D eigenvalue weighted by Gasteiger charge is -2.16. The molecule has 4 aromatic rings. The van der Waals surface area contributed by atoms with E-state index in [0.29, 0.717) is 17.2 Å². The normalized spacial score (nSPS) is 12.3. The number of hydrogen-bond donors (Lipinski definition) is 2. The van der Waals surface area contributed by atoms with Crippen LogP contribution in [-0.2, 0) is 11.2 Å². The first-order chi connectivity index (χ1) is 17.0. The van der Waals surface area contributed by atoms with E-state index in [0.717, 1.165) is 33.9 Å². The summed E-state index contributed by atoms with van der Waals surface area (Å²) >= 11 is 0. The number of rotatable bonds is 5. The molecular formula is C27H23N5O3. The predicted molar refractivity (Wildman–Crippen MR) is 135 cm³/mol. The van der Waals surface area contributed by atoms with Crippen LogP contribution in [0.25, 0.3) is 11.3 Å². The topological polar surface area (TPSA) is 96.4 Å². The molecule has 1 aliphatic rings. The number of anilines is 4. The number of ether oxygens (including phenoxy) is 1. The fraction of sp³-hybridized carbons (Fsp3) is 0.111. The molecule has 0 atom stereocenters. The molecule has 2 heterocycles. The van der Waals surface area contributed by atoms with Gasteiger partial charge in [-0.1, -0.05) is 18.2 Å². The molecule has 35 heavy (non-hydrogen) atoms. The van der Waals surface area contributed by atoms with E-state index < -0.39 is 0 Å². The SMILES string of the molecule is COc1ccc(NC(=O)c2ccc(Nc3ncc4c(n3)-c3ccccc3N(C)C(=O)C4)cc2)cc1. The number of nitrogens with one attached hydrogen (secondary N) is 2. The lowest BCUT2D eigenvalue weighted by Crippen LogP contribution is -2.26. The minimum absolute atomic E-state index is 0.0102. The van der Waals surface area contributed by atoms with E-state index in [1.807, 2.05) is 24.3 Å². The lowest BCUT2D eigenvalue weighted by atomic mass is 10.1. The van der Waals surface area contributed by atoms with Gasteiger partial charge in [0.2, 0.25) is 11.9 Å². The fourth-order valence-corrected chi connectivity index (χ4v) is 3.92. The molecule has 5 rings (SSSR count). The van der Waals surface area contributed by atoms with E-state index in [1.165, 1.54) is 0 Å². The Bertz CT molecular complexity index is 1400.